The lowest BCUT2D eigenvalue weighted by molar-refractivity contribution is -0.138. The highest BCUT2D eigenvalue weighted by molar-refractivity contribution is 7.98. The Kier molecular flexibility index (Phi) is 6.13. The van der Waals surface area contributed by atoms with Gasteiger partial charge in [-0.15, -0.1) is 0 Å². The largest absolute Gasteiger partial charge is 0.337 e. The minimum atomic E-state index is -3.11. The van der Waals surface area contributed by atoms with Crippen LogP contribution in [-0.4, -0.2) is 84.8 Å². The molecular formula is C14H23N3O5S2. The molecule has 1 N–H and O–H groups in total. The molecule has 2 fully saturated rings. The summed E-state index contributed by atoms with van der Waals surface area (Å²) < 4.78 is 23.2. The van der Waals surface area contributed by atoms with Gasteiger partial charge in [-0.2, -0.15) is 11.8 Å². The van der Waals surface area contributed by atoms with Crippen LogP contribution in [0.5, 0.6) is 0 Å². The predicted octanol–water partition coefficient (Wildman–Crippen LogP) is -0.304. The Hall–Kier alpha value is -1.29. The first-order valence-electron chi connectivity index (χ1n) is 7.89. The Labute approximate surface area is 146 Å². The second-order valence-electron chi connectivity index (χ2n) is 5.94. The minimum absolute atomic E-state index is 0.0525. The summed E-state index contributed by atoms with van der Waals surface area (Å²) in [5.74, 6) is -0.0321. The Bertz CT molecular complexity index is 622. The molecule has 0 aliphatic carbocycles. The van der Waals surface area contributed by atoms with Gasteiger partial charge in [0.2, 0.25) is 5.91 Å². The number of hydrogen-bond donors (Lipinski definition) is 1. The topological polar surface area (TPSA) is 104 Å². The number of nitrogens with one attached hydrogen (secondary N) is 1. The van der Waals surface area contributed by atoms with Gasteiger partial charge in [0, 0.05) is 12.6 Å². The zero-order chi connectivity index (χ0) is 17.9. The molecule has 8 nitrogen and oxygen atoms in total. The average molecular weight is 377 g/mol. The highest BCUT2D eigenvalue weighted by atomic mass is 32.2. The number of imide groups is 1. The van der Waals surface area contributed by atoms with E-state index >= 15 is 0 Å². The van der Waals surface area contributed by atoms with E-state index < -0.39 is 33.7 Å². The van der Waals surface area contributed by atoms with Gasteiger partial charge in [-0.05, 0) is 31.8 Å². The van der Waals surface area contributed by atoms with Gasteiger partial charge < -0.3 is 10.2 Å². The summed E-state index contributed by atoms with van der Waals surface area (Å²) in [6, 6.07) is -1.52. The highest BCUT2D eigenvalue weighted by Crippen LogP contribution is 2.19. The van der Waals surface area contributed by atoms with Crippen molar-refractivity contribution in [3.05, 3.63) is 0 Å². The van der Waals surface area contributed by atoms with Crippen molar-refractivity contribution in [2.75, 3.05) is 36.6 Å². The number of sulfone groups is 1. The van der Waals surface area contributed by atoms with Crippen molar-refractivity contribution in [2.24, 2.45) is 0 Å². The summed E-state index contributed by atoms with van der Waals surface area (Å²) in [5, 5.41) is 2.59. The molecule has 136 valence electrons. The van der Waals surface area contributed by atoms with E-state index in [1.54, 1.807) is 18.7 Å². The van der Waals surface area contributed by atoms with E-state index in [0.717, 1.165) is 10.7 Å². The van der Waals surface area contributed by atoms with Crippen LogP contribution in [0.25, 0.3) is 0 Å². The number of amides is 4. The van der Waals surface area contributed by atoms with Crippen molar-refractivity contribution in [2.45, 2.75) is 31.8 Å². The summed E-state index contributed by atoms with van der Waals surface area (Å²) in [6.45, 7) is 1.76. The fraction of sp³-hybridized carbons (Fsp3) is 0.786. The van der Waals surface area contributed by atoms with Crippen LogP contribution >= 0.6 is 11.8 Å². The van der Waals surface area contributed by atoms with E-state index in [-0.39, 0.29) is 24.1 Å². The SMILES string of the molecule is CCN(C(=O)CN1C(=O)N[C@@H](CCSC)C1=O)[C@@H]1CCS(=O)(=O)C1. The molecule has 2 heterocycles. The maximum atomic E-state index is 12.5. The van der Waals surface area contributed by atoms with E-state index in [4.69, 9.17) is 0 Å². The van der Waals surface area contributed by atoms with Gasteiger partial charge in [-0.25, -0.2) is 13.2 Å². The van der Waals surface area contributed by atoms with Crippen LogP contribution in [0.3, 0.4) is 0 Å². The zero-order valence-corrected chi connectivity index (χ0v) is 15.5. The molecule has 10 heteroatoms. The summed E-state index contributed by atoms with van der Waals surface area (Å²) >= 11 is 1.58. The number of likely N-dealkylation sites (N-methyl/N-ethyl adjacent to an activating group) is 1. The molecule has 2 atom stereocenters. The number of thioether (sulfide) groups is 1. The standard InChI is InChI=1S/C14H23N3O5S2/c1-3-16(10-5-7-24(21,22)9-10)12(18)8-17-13(19)11(4-6-23-2)15-14(17)20/h10-11H,3-9H2,1-2H3,(H,15,20)/t10-,11+/m1/s1. The molecule has 2 aliphatic rings. The second kappa shape index (κ2) is 7.73. The number of nitrogens with zero attached hydrogens (tertiary/aromatic N) is 2. The summed E-state index contributed by atoms with van der Waals surface area (Å²) in [7, 11) is -3.11. The van der Waals surface area contributed by atoms with Crippen LogP contribution in [0.15, 0.2) is 0 Å². The quantitative estimate of drug-likeness (QED) is 0.611. The fourth-order valence-electron chi connectivity index (χ4n) is 3.04. The van der Waals surface area contributed by atoms with Gasteiger partial charge in [0.15, 0.2) is 9.84 Å². The first-order valence-corrected chi connectivity index (χ1v) is 11.1. The summed E-state index contributed by atoms with van der Waals surface area (Å²) in [6.07, 6.45) is 2.84. The van der Waals surface area contributed by atoms with Crippen LogP contribution in [0.1, 0.15) is 19.8 Å². The molecule has 0 unspecified atom stereocenters. The van der Waals surface area contributed by atoms with Crippen LogP contribution in [0.2, 0.25) is 0 Å². The lowest BCUT2D eigenvalue weighted by Gasteiger charge is -2.28. The van der Waals surface area contributed by atoms with Crippen molar-refractivity contribution < 1.29 is 22.8 Å². The predicted molar refractivity (Wildman–Crippen MR) is 91.5 cm³/mol. The van der Waals surface area contributed by atoms with Crippen LogP contribution in [0, 0.1) is 0 Å². The Morgan fingerprint density at radius 1 is 1.42 bits per heavy atom. The first-order chi connectivity index (χ1) is 11.3. The van der Waals surface area contributed by atoms with Gasteiger partial charge in [0.05, 0.1) is 11.5 Å². The number of hydrogen-bond acceptors (Lipinski definition) is 6. The van der Waals surface area contributed by atoms with Crippen molar-refractivity contribution in [3.8, 4) is 0 Å². The zero-order valence-electron chi connectivity index (χ0n) is 13.9. The second-order valence-corrected chi connectivity index (χ2v) is 9.16. The first kappa shape index (κ1) is 19.0. The molecule has 2 saturated heterocycles. The molecule has 4 amide bonds. The molecule has 2 rings (SSSR count). The molecule has 0 bridgehead atoms. The Morgan fingerprint density at radius 2 is 2.12 bits per heavy atom. The Balaban J connectivity index is 2.00. The summed E-state index contributed by atoms with van der Waals surface area (Å²) in [4.78, 5) is 39.1. The molecule has 0 aromatic heterocycles. The molecule has 0 aromatic carbocycles. The Morgan fingerprint density at radius 3 is 2.67 bits per heavy atom. The highest BCUT2D eigenvalue weighted by Gasteiger charge is 2.40. The van der Waals surface area contributed by atoms with Crippen molar-refractivity contribution in [3.63, 3.8) is 0 Å². The van der Waals surface area contributed by atoms with Gasteiger partial charge in [0.1, 0.15) is 12.6 Å². The van der Waals surface area contributed by atoms with Crippen molar-refractivity contribution in [1.82, 2.24) is 15.1 Å². The minimum Gasteiger partial charge on any atom is -0.337 e. The van der Waals surface area contributed by atoms with Gasteiger partial charge in [-0.1, -0.05) is 0 Å². The number of carbonyl (C=O) groups excluding carboxylic acids is 3. The molecule has 24 heavy (non-hydrogen) atoms. The maximum absolute atomic E-state index is 12.5. The monoisotopic (exact) mass is 377 g/mol. The molecule has 0 spiro atoms. The fourth-order valence-corrected chi connectivity index (χ4v) is 5.25. The van der Waals surface area contributed by atoms with Gasteiger partial charge in [0.25, 0.3) is 5.91 Å². The van der Waals surface area contributed by atoms with Crippen LogP contribution in [0.4, 0.5) is 4.79 Å². The summed E-state index contributed by atoms with van der Waals surface area (Å²) in [5.41, 5.74) is 0. The van der Waals surface area contributed by atoms with Gasteiger partial charge >= 0.3 is 6.03 Å². The normalized spacial score (nSPS) is 25.8. The lowest BCUT2D eigenvalue weighted by Crippen LogP contribution is -2.47. The third-order valence-corrected chi connectivity index (χ3v) is 6.72. The van der Waals surface area contributed by atoms with Crippen LogP contribution in [-0.2, 0) is 19.4 Å². The average Bonchev–Trinajstić information content (AvgIpc) is 3.00. The number of urea groups is 1. The third kappa shape index (κ3) is 4.21. The van der Waals surface area contributed by atoms with E-state index in [2.05, 4.69) is 5.32 Å². The van der Waals surface area contributed by atoms with E-state index in [1.165, 1.54) is 4.90 Å². The molecule has 0 aromatic rings. The molecule has 0 radical (unpaired) electrons. The van der Waals surface area contributed by atoms with E-state index in [9.17, 15) is 22.8 Å². The van der Waals surface area contributed by atoms with Crippen LogP contribution < -0.4 is 5.32 Å². The number of rotatable bonds is 7. The smallest absolute Gasteiger partial charge is 0.325 e. The number of carbonyl (C=O) groups is 3. The van der Waals surface area contributed by atoms with E-state index in [0.29, 0.717) is 19.4 Å². The third-order valence-electron chi connectivity index (χ3n) is 4.32. The lowest BCUT2D eigenvalue weighted by atomic mass is 10.2. The molecular weight excluding hydrogens is 354 g/mol. The molecule has 2 aliphatic heterocycles. The van der Waals surface area contributed by atoms with Gasteiger partial charge in [-0.3, -0.25) is 14.5 Å². The maximum Gasteiger partial charge on any atom is 0.325 e. The van der Waals surface area contributed by atoms with E-state index in [1.807, 2.05) is 6.26 Å². The molecule has 0 saturated carbocycles. The van der Waals surface area contributed by atoms with Crippen molar-refractivity contribution >= 4 is 39.4 Å². The van der Waals surface area contributed by atoms with Crippen molar-refractivity contribution in [1.29, 1.82) is 0 Å².